The Bertz CT molecular complexity index is 1020. The van der Waals surface area contributed by atoms with E-state index in [2.05, 4.69) is 10.2 Å². The van der Waals surface area contributed by atoms with Gasteiger partial charge in [-0.2, -0.15) is 5.10 Å². The lowest BCUT2D eigenvalue weighted by Crippen LogP contribution is -2.60. The number of hydrogen-bond acceptors (Lipinski definition) is 8. The smallest absolute Gasteiger partial charge is 0.229 e. The van der Waals surface area contributed by atoms with Gasteiger partial charge in [-0.05, 0) is 47.9 Å². The Kier molecular flexibility index (Phi) is 5.15. The molecule has 0 saturated carbocycles. The van der Waals surface area contributed by atoms with E-state index in [1.165, 1.54) is 0 Å². The Morgan fingerprint density at radius 1 is 1.07 bits per heavy atom. The molecule has 0 bridgehead atoms. The third-order valence-electron chi connectivity index (χ3n) is 5.19. The number of nitrogen functional groups attached to an aromatic ring is 1. The fourth-order valence-electron chi connectivity index (χ4n) is 3.46. The van der Waals surface area contributed by atoms with Crippen molar-refractivity contribution in [3.05, 3.63) is 42.0 Å². The fourth-order valence-corrected chi connectivity index (χ4v) is 3.46. The first-order valence-corrected chi connectivity index (χ1v) is 9.21. The molecule has 0 amide bonds. The van der Waals surface area contributed by atoms with E-state index in [1.807, 2.05) is 37.3 Å². The topological polar surface area (TPSA) is 154 Å². The second-order valence-electron chi connectivity index (χ2n) is 7.16. The molecule has 0 radical (unpaired) electrons. The van der Waals surface area contributed by atoms with Gasteiger partial charge in [0.2, 0.25) is 6.29 Å². The number of aliphatic hydroxyl groups excluding tert-OH is 4. The van der Waals surface area contributed by atoms with Crippen molar-refractivity contribution in [3.8, 4) is 16.9 Å². The summed E-state index contributed by atoms with van der Waals surface area (Å²) >= 11 is 0. The molecule has 1 saturated heterocycles. The van der Waals surface area contributed by atoms with E-state index >= 15 is 0 Å². The van der Waals surface area contributed by atoms with Crippen molar-refractivity contribution in [2.45, 2.75) is 37.6 Å². The second-order valence-corrected chi connectivity index (χ2v) is 7.16. The Morgan fingerprint density at radius 3 is 2.52 bits per heavy atom. The molecule has 9 heteroatoms. The summed E-state index contributed by atoms with van der Waals surface area (Å²) in [7, 11) is 0. The number of rotatable bonds is 4. The average Bonchev–Trinajstić information content (AvgIpc) is 3.10. The molecule has 7 N–H and O–H groups in total. The van der Waals surface area contributed by atoms with E-state index in [0.29, 0.717) is 11.6 Å². The molecule has 0 spiro atoms. The Hall–Kier alpha value is -2.69. The number of fused-ring (bicyclic) bond motifs is 1. The lowest BCUT2D eigenvalue weighted by atomic mass is 9.99. The van der Waals surface area contributed by atoms with Crippen LogP contribution in [0.3, 0.4) is 0 Å². The van der Waals surface area contributed by atoms with Crippen molar-refractivity contribution in [1.29, 1.82) is 0 Å². The minimum atomic E-state index is -1.49. The number of ether oxygens (including phenoxy) is 2. The van der Waals surface area contributed by atoms with Crippen LogP contribution in [-0.2, 0) is 4.74 Å². The maximum atomic E-state index is 10.1. The van der Waals surface area contributed by atoms with Crippen molar-refractivity contribution in [1.82, 2.24) is 10.2 Å². The van der Waals surface area contributed by atoms with E-state index < -0.39 is 37.3 Å². The van der Waals surface area contributed by atoms with Crippen LogP contribution >= 0.6 is 0 Å². The largest absolute Gasteiger partial charge is 0.462 e. The second kappa shape index (κ2) is 7.62. The van der Waals surface area contributed by atoms with Crippen LogP contribution < -0.4 is 10.5 Å². The molecule has 5 unspecified atom stereocenters. The quantitative estimate of drug-likeness (QED) is 0.365. The Balaban J connectivity index is 1.57. The highest BCUT2D eigenvalue weighted by Crippen LogP contribution is 2.31. The lowest BCUT2D eigenvalue weighted by molar-refractivity contribution is -0.277. The molecular formula is C20H23N3O6. The molecule has 29 heavy (non-hydrogen) atoms. The van der Waals surface area contributed by atoms with Crippen LogP contribution in [0.15, 0.2) is 36.4 Å². The molecule has 0 aliphatic carbocycles. The molecule has 1 fully saturated rings. The van der Waals surface area contributed by atoms with E-state index in [0.717, 1.165) is 27.6 Å². The van der Waals surface area contributed by atoms with Gasteiger partial charge in [0.25, 0.3) is 0 Å². The zero-order valence-electron chi connectivity index (χ0n) is 15.7. The van der Waals surface area contributed by atoms with Gasteiger partial charge in [0.15, 0.2) is 5.82 Å². The van der Waals surface area contributed by atoms with Crippen molar-refractivity contribution in [2.75, 3.05) is 12.3 Å². The van der Waals surface area contributed by atoms with E-state index in [9.17, 15) is 20.4 Å². The van der Waals surface area contributed by atoms with E-state index in [1.54, 1.807) is 6.07 Å². The van der Waals surface area contributed by atoms with Gasteiger partial charge in [0, 0.05) is 5.39 Å². The van der Waals surface area contributed by atoms with Gasteiger partial charge in [-0.1, -0.05) is 12.1 Å². The highest BCUT2D eigenvalue weighted by atomic mass is 16.7. The molecule has 9 nitrogen and oxygen atoms in total. The molecule has 5 atom stereocenters. The molecule has 3 aromatic rings. The molecule has 1 aromatic heterocycles. The van der Waals surface area contributed by atoms with Crippen molar-refractivity contribution in [2.24, 2.45) is 0 Å². The molecule has 4 rings (SSSR count). The normalized spacial score (nSPS) is 27.3. The van der Waals surface area contributed by atoms with Gasteiger partial charge >= 0.3 is 0 Å². The number of aromatic amines is 1. The number of nitrogens with zero attached hydrogens (tertiary/aromatic N) is 1. The Labute approximate surface area is 166 Å². The molecule has 2 heterocycles. The number of aromatic nitrogens is 2. The first-order chi connectivity index (χ1) is 13.9. The SMILES string of the molecule is Cc1cc(-c2ccc3[nH]nc(N)c3c2)ccc1OC1OC(CO)C(O)C(O)C1O. The van der Waals surface area contributed by atoms with E-state index in [4.69, 9.17) is 15.2 Å². The minimum absolute atomic E-state index is 0.432. The zero-order chi connectivity index (χ0) is 20.7. The van der Waals surface area contributed by atoms with Crippen LogP contribution in [0.4, 0.5) is 5.82 Å². The predicted molar refractivity (Wildman–Crippen MR) is 105 cm³/mol. The van der Waals surface area contributed by atoms with Crippen molar-refractivity contribution >= 4 is 16.7 Å². The third-order valence-corrected chi connectivity index (χ3v) is 5.19. The Morgan fingerprint density at radius 2 is 1.79 bits per heavy atom. The molecule has 1 aliphatic rings. The summed E-state index contributed by atoms with van der Waals surface area (Å²) in [5.41, 5.74) is 9.40. The van der Waals surface area contributed by atoms with Gasteiger partial charge < -0.3 is 35.6 Å². The van der Waals surface area contributed by atoms with Crippen LogP contribution in [0, 0.1) is 6.92 Å². The number of benzene rings is 2. The summed E-state index contributed by atoms with van der Waals surface area (Å²) in [6.07, 6.45) is -6.62. The highest BCUT2D eigenvalue weighted by Gasteiger charge is 2.44. The average molecular weight is 401 g/mol. The van der Waals surface area contributed by atoms with Crippen molar-refractivity contribution in [3.63, 3.8) is 0 Å². The zero-order valence-corrected chi connectivity index (χ0v) is 15.7. The van der Waals surface area contributed by atoms with Crippen LogP contribution in [0.2, 0.25) is 0 Å². The number of nitrogens with one attached hydrogen (secondary N) is 1. The first kappa shape index (κ1) is 19.6. The predicted octanol–water partition coefficient (Wildman–Crippen LogP) is 0.299. The molecule has 1 aliphatic heterocycles. The monoisotopic (exact) mass is 401 g/mol. The van der Waals surface area contributed by atoms with E-state index in [-0.39, 0.29) is 0 Å². The first-order valence-electron chi connectivity index (χ1n) is 9.21. The lowest BCUT2D eigenvalue weighted by Gasteiger charge is -2.39. The summed E-state index contributed by atoms with van der Waals surface area (Å²) in [5.74, 6) is 0.878. The number of aliphatic hydroxyl groups is 4. The van der Waals surface area contributed by atoms with Gasteiger partial charge in [-0.25, -0.2) is 0 Å². The number of H-pyrrole nitrogens is 1. The van der Waals surface area contributed by atoms with Crippen LogP contribution in [0.1, 0.15) is 5.56 Å². The maximum absolute atomic E-state index is 10.1. The highest BCUT2D eigenvalue weighted by molar-refractivity contribution is 5.92. The maximum Gasteiger partial charge on any atom is 0.229 e. The summed E-state index contributed by atoms with van der Waals surface area (Å²) in [6, 6.07) is 11.3. The molecular weight excluding hydrogens is 378 g/mol. The minimum Gasteiger partial charge on any atom is -0.462 e. The number of anilines is 1. The summed E-state index contributed by atoms with van der Waals surface area (Å²) < 4.78 is 11.1. The number of aryl methyl sites for hydroxylation is 1. The number of hydrogen-bond donors (Lipinski definition) is 6. The van der Waals surface area contributed by atoms with Gasteiger partial charge in [-0.15, -0.1) is 0 Å². The molecule has 2 aromatic carbocycles. The summed E-state index contributed by atoms with van der Waals surface area (Å²) in [6.45, 7) is 1.33. The van der Waals surface area contributed by atoms with Gasteiger partial charge in [0.05, 0.1) is 12.1 Å². The summed E-state index contributed by atoms with van der Waals surface area (Å²) in [4.78, 5) is 0. The van der Waals surface area contributed by atoms with Gasteiger partial charge in [-0.3, -0.25) is 5.10 Å². The fraction of sp³-hybridized carbons (Fsp3) is 0.350. The van der Waals surface area contributed by atoms with Gasteiger partial charge in [0.1, 0.15) is 30.2 Å². The third kappa shape index (κ3) is 3.54. The standard InChI is InChI=1S/C20H23N3O6/c1-9-6-10(11-2-4-13-12(7-11)19(21)23-22-13)3-5-14(9)28-20-18(27)17(26)16(25)15(8-24)29-20/h2-7,15-18,20,24-27H,8H2,1H3,(H3,21,22,23). The van der Waals surface area contributed by atoms with Crippen molar-refractivity contribution < 1.29 is 29.9 Å². The summed E-state index contributed by atoms with van der Waals surface area (Å²) in [5, 5.41) is 46.9. The van der Waals surface area contributed by atoms with Crippen LogP contribution in [0.25, 0.3) is 22.0 Å². The molecule has 154 valence electrons. The number of nitrogens with two attached hydrogens (primary N) is 1. The van der Waals surface area contributed by atoms with Crippen LogP contribution in [-0.4, -0.2) is 67.9 Å². The van der Waals surface area contributed by atoms with Crippen LogP contribution in [0.5, 0.6) is 5.75 Å².